The maximum absolute atomic E-state index is 12.0. The summed E-state index contributed by atoms with van der Waals surface area (Å²) in [6, 6.07) is 2.50. The van der Waals surface area contributed by atoms with E-state index in [1.54, 1.807) is 4.57 Å². The number of carbonyl (C=O) groups is 3. The number of amides is 1. The first-order valence-corrected chi connectivity index (χ1v) is 10.7. The topological polar surface area (TPSA) is 165 Å². The van der Waals surface area contributed by atoms with Gasteiger partial charge in [-0.25, -0.2) is 14.6 Å². The zero-order chi connectivity index (χ0) is 24.5. The molecule has 1 aromatic carbocycles. The van der Waals surface area contributed by atoms with E-state index in [2.05, 4.69) is 10.3 Å². The van der Waals surface area contributed by atoms with Gasteiger partial charge in [-0.1, -0.05) is 20.3 Å². The molecule has 1 aromatic heterocycles. The van der Waals surface area contributed by atoms with Gasteiger partial charge in [-0.2, -0.15) is 0 Å². The number of nitrogens with one attached hydrogen (secondary N) is 1. The van der Waals surface area contributed by atoms with Gasteiger partial charge in [-0.05, 0) is 25.0 Å². The molecule has 0 aliphatic heterocycles. The van der Waals surface area contributed by atoms with Crippen LogP contribution in [-0.4, -0.2) is 48.6 Å². The number of rotatable bonds is 13. The number of nitro benzene ring substituents is 1. The molecule has 11 heteroatoms. The minimum absolute atomic E-state index is 0.0137. The second-order valence-electron chi connectivity index (χ2n) is 7.67. The minimum Gasteiger partial charge on any atom is -0.480 e. The number of aromatic nitrogens is 2. The number of carboxylic acids is 2. The lowest BCUT2D eigenvalue weighted by atomic mass is 10.1. The summed E-state index contributed by atoms with van der Waals surface area (Å²) in [5.41, 5.74) is 0.222. The minimum atomic E-state index is -1.27. The second-order valence-corrected chi connectivity index (χ2v) is 7.67. The number of benzene rings is 1. The van der Waals surface area contributed by atoms with Crippen LogP contribution in [0, 0.1) is 10.1 Å². The predicted octanol–water partition coefficient (Wildman–Crippen LogP) is 2.79. The van der Waals surface area contributed by atoms with Crippen molar-refractivity contribution in [3.63, 3.8) is 0 Å². The Bertz CT molecular complexity index is 1030. The van der Waals surface area contributed by atoms with Gasteiger partial charge in [0.25, 0.3) is 5.69 Å². The quantitative estimate of drug-likeness (QED) is 0.303. The van der Waals surface area contributed by atoms with E-state index >= 15 is 0 Å². The number of aliphatic carboxylic acids is 1. The molecule has 1 amide bonds. The van der Waals surface area contributed by atoms with E-state index in [-0.39, 0.29) is 42.1 Å². The Kier molecular flexibility index (Phi) is 9.08. The first-order valence-electron chi connectivity index (χ1n) is 10.7. The Balaban J connectivity index is 2.44. The van der Waals surface area contributed by atoms with Crippen molar-refractivity contribution in [3.8, 4) is 0 Å². The Morgan fingerprint density at radius 1 is 1.21 bits per heavy atom. The lowest BCUT2D eigenvalue weighted by Crippen LogP contribution is -2.42. The summed E-state index contributed by atoms with van der Waals surface area (Å²) in [5.74, 6) is -2.21. The highest BCUT2D eigenvalue weighted by molar-refractivity contribution is 5.88. The molecule has 2 rings (SSSR count). The lowest BCUT2D eigenvalue weighted by Gasteiger charge is -2.17. The number of carbonyl (C=O) groups excluding carboxylic acids is 1. The van der Waals surface area contributed by atoms with Gasteiger partial charge in [0, 0.05) is 42.8 Å². The van der Waals surface area contributed by atoms with Gasteiger partial charge in [0.2, 0.25) is 5.91 Å². The molecule has 1 atom stereocenters. The summed E-state index contributed by atoms with van der Waals surface area (Å²) in [7, 11) is 0. The van der Waals surface area contributed by atoms with E-state index in [0.717, 1.165) is 18.9 Å². The maximum Gasteiger partial charge on any atom is 0.335 e. The van der Waals surface area contributed by atoms with Crippen molar-refractivity contribution in [2.75, 3.05) is 0 Å². The molecule has 33 heavy (non-hydrogen) atoms. The van der Waals surface area contributed by atoms with Crippen LogP contribution < -0.4 is 5.32 Å². The smallest absolute Gasteiger partial charge is 0.335 e. The van der Waals surface area contributed by atoms with Crippen LogP contribution in [-0.2, 0) is 29.0 Å². The Morgan fingerprint density at radius 2 is 1.94 bits per heavy atom. The third kappa shape index (κ3) is 6.86. The Labute approximate surface area is 190 Å². The van der Waals surface area contributed by atoms with Crippen molar-refractivity contribution in [1.82, 2.24) is 14.9 Å². The van der Waals surface area contributed by atoms with Crippen molar-refractivity contribution in [3.05, 3.63) is 57.2 Å². The van der Waals surface area contributed by atoms with E-state index in [0.29, 0.717) is 24.4 Å². The van der Waals surface area contributed by atoms with E-state index in [9.17, 15) is 29.6 Å². The van der Waals surface area contributed by atoms with Gasteiger partial charge in [-0.15, -0.1) is 0 Å². The molecule has 0 spiro atoms. The molecule has 2 aromatic rings. The van der Waals surface area contributed by atoms with Crippen LogP contribution in [0.25, 0.3) is 0 Å². The molecule has 0 saturated carbocycles. The van der Waals surface area contributed by atoms with Gasteiger partial charge < -0.3 is 20.1 Å². The number of aromatic carboxylic acids is 1. The summed E-state index contributed by atoms with van der Waals surface area (Å²) in [5, 5.41) is 32.8. The summed E-state index contributed by atoms with van der Waals surface area (Å²) in [6.07, 6.45) is 4.53. The number of nitrogens with zero attached hydrogens (tertiary/aromatic N) is 3. The van der Waals surface area contributed by atoms with Crippen LogP contribution >= 0.6 is 0 Å². The molecule has 0 aliphatic rings. The zero-order valence-electron chi connectivity index (χ0n) is 18.6. The molecule has 0 bridgehead atoms. The van der Waals surface area contributed by atoms with Crippen LogP contribution in [0.5, 0.6) is 0 Å². The highest BCUT2D eigenvalue weighted by atomic mass is 16.6. The van der Waals surface area contributed by atoms with Gasteiger partial charge in [0.15, 0.2) is 0 Å². The van der Waals surface area contributed by atoms with Gasteiger partial charge in [-0.3, -0.25) is 14.9 Å². The van der Waals surface area contributed by atoms with Crippen LogP contribution in [0.3, 0.4) is 0 Å². The van der Waals surface area contributed by atoms with E-state index in [1.165, 1.54) is 18.3 Å². The summed E-state index contributed by atoms with van der Waals surface area (Å²) in [6.45, 7) is 3.83. The van der Waals surface area contributed by atoms with Gasteiger partial charge in [0.05, 0.1) is 17.0 Å². The molecule has 1 heterocycles. The largest absolute Gasteiger partial charge is 0.480 e. The number of hydrogen-bond donors (Lipinski definition) is 3. The van der Waals surface area contributed by atoms with Crippen LogP contribution in [0.15, 0.2) is 24.4 Å². The molecule has 0 unspecified atom stereocenters. The zero-order valence-corrected chi connectivity index (χ0v) is 18.6. The van der Waals surface area contributed by atoms with Crippen LogP contribution in [0.4, 0.5) is 5.69 Å². The fourth-order valence-electron chi connectivity index (χ4n) is 3.42. The van der Waals surface area contributed by atoms with E-state index in [1.807, 2.05) is 13.8 Å². The highest BCUT2D eigenvalue weighted by Gasteiger charge is 2.25. The normalized spacial score (nSPS) is 11.7. The summed E-state index contributed by atoms with van der Waals surface area (Å²) in [4.78, 5) is 50.3. The fourth-order valence-corrected chi connectivity index (χ4v) is 3.42. The predicted molar refractivity (Wildman–Crippen MR) is 118 cm³/mol. The molecule has 3 N–H and O–H groups in total. The molecule has 0 saturated heterocycles. The van der Waals surface area contributed by atoms with E-state index < -0.39 is 22.9 Å². The van der Waals surface area contributed by atoms with Crippen LogP contribution in [0.2, 0.25) is 0 Å². The van der Waals surface area contributed by atoms with Crippen molar-refractivity contribution < 1.29 is 29.5 Å². The first kappa shape index (κ1) is 25.5. The number of imidazole rings is 1. The molecule has 0 radical (unpaired) electrons. The summed E-state index contributed by atoms with van der Waals surface area (Å²) < 4.78 is 1.71. The number of nitro groups is 1. The van der Waals surface area contributed by atoms with Crippen LogP contribution in [0.1, 0.15) is 67.0 Å². The fraction of sp³-hybridized carbons (Fsp3) is 0.455. The average molecular weight is 460 g/mol. The Morgan fingerprint density at radius 3 is 2.52 bits per heavy atom. The maximum atomic E-state index is 12.0. The molecule has 11 nitrogen and oxygen atoms in total. The van der Waals surface area contributed by atoms with Crippen molar-refractivity contribution in [2.24, 2.45) is 0 Å². The molecule has 0 fully saturated rings. The number of aryl methyl sites for hydroxylation is 1. The molecular formula is C22H28N4O7. The third-order valence-corrected chi connectivity index (χ3v) is 5.16. The van der Waals surface area contributed by atoms with Crippen molar-refractivity contribution in [1.29, 1.82) is 0 Å². The molecule has 0 aliphatic carbocycles. The lowest BCUT2D eigenvalue weighted by molar-refractivity contribution is -0.385. The molecular weight excluding hydrogens is 432 g/mol. The highest BCUT2D eigenvalue weighted by Crippen LogP contribution is 2.24. The first-order chi connectivity index (χ1) is 15.7. The standard InChI is InChI=1S/C22H28N4O7/c1-3-5-7-19-23-12-16(11-17(22(30)31)24-20(27)6-4-2)25(19)13-15-9-8-14(21(28)29)10-18(15)26(32)33/h8-10,12,17H,3-7,11,13H2,1-2H3,(H,24,27)(H,28,29)(H,30,31)/t17-/m0/s1. The SMILES string of the molecule is CCCCc1ncc(C[C@H](NC(=O)CCC)C(=O)O)n1Cc1ccc(C(=O)O)cc1[N+](=O)[O-]. The number of hydrogen-bond acceptors (Lipinski definition) is 6. The summed E-state index contributed by atoms with van der Waals surface area (Å²) >= 11 is 0. The van der Waals surface area contributed by atoms with Crippen molar-refractivity contribution >= 4 is 23.5 Å². The molecule has 178 valence electrons. The van der Waals surface area contributed by atoms with Gasteiger partial charge in [0.1, 0.15) is 11.9 Å². The average Bonchev–Trinajstić information content (AvgIpc) is 3.12. The number of unbranched alkanes of at least 4 members (excludes halogenated alkanes) is 1. The Hall–Kier alpha value is -3.76. The van der Waals surface area contributed by atoms with Crippen molar-refractivity contribution in [2.45, 2.75) is 65.0 Å². The second kappa shape index (κ2) is 11.7. The number of carboxylic acid groups (broad SMARTS) is 2. The van der Waals surface area contributed by atoms with E-state index in [4.69, 9.17) is 5.11 Å². The third-order valence-electron chi connectivity index (χ3n) is 5.16. The van der Waals surface area contributed by atoms with Gasteiger partial charge >= 0.3 is 11.9 Å². The monoisotopic (exact) mass is 460 g/mol.